The van der Waals surface area contributed by atoms with Gasteiger partial charge in [-0.3, -0.25) is 0 Å². The van der Waals surface area contributed by atoms with Gasteiger partial charge in [-0.05, 0) is 35.3 Å². The van der Waals surface area contributed by atoms with Crippen LogP contribution < -0.4 is 5.73 Å². The minimum Gasteiger partial charge on any atom is -0.324 e. The number of benzene rings is 1. The van der Waals surface area contributed by atoms with Gasteiger partial charge in [-0.15, -0.1) is 0 Å². The number of nitrogens with two attached hydrogens (primary N) is 1. The standard InChI is InChI=1S/C16H25N/c1-16(2,3)14-9-7-13(8-10-14)15(17)11-6-12-4-5-12/h7-10,12,15H,4-6,11,17H2,1-3H3. The van der Waals surface area contributed by atoms with Gasteiger partial charge in [-0.25, -0.2) is 0 Å². The second kappa shape index (κ2) is 4.81. The predicted molar refractivity (Wildman–Crippen MR) is 74.0 cm³/mol. The van der Waals surface area contributed by atoms with Crippen LogP contribution in [0.2, 0.25) is 0 Å². The summed E-state index contributed by atoms with van der Waals surface area (Å²) in [4.78, 5) is 0. The van der Waals surface area contributed by atoms with Crippen LogP contribution in [0.3, 0.4) is 0 Å². The largest absolute Gasteiger partial charge is 0.324 e. The molecule has 0 amide bonds. The summed E-state index contributed by atoms with van der Waals surface area (Å²) in [5, 5.41) is 0. The maximum absolute atomic E-state index is 6.23. The minimum absolute atomic E-state index is 0.226. The molecule has 1 saturated carbocycles. The van der Waals surface area contributed by atoms with Crippen LogP contribution in [-0.2, 0) is 5.41 Å². The van der Waals surface area contributed by atoms with Crippen molar-refractivity contribution in [1.29, 1.82) is 0 Å². The Morgan fingerprint density at radius 3 is 2.24 bits per heavy atom. The average molecular weight is 231 g/mol. The highest BCUT2D eigenvalue weighted by molar-refractivity contribution is 5.29. The minimum atomic E-state index is 0.226. The summed E-state index contributed by atoms with van der Waals surface area (Å²) in [7, 11) is 0. The van der Waals surface area contributed by atoms with E-state index in [0.717, 1.165) is 12.3 Å². The van der Waals surface area contributed by atoms with Gasteiger partial charge in [-0.1, -0.05) is 57.9 Å². The number of hydrogen-bond acceptors (Lipinski definition) is 1. The van der Waals surface area contributed by atoms with Crippen LogP contribution in [-0.4, -0.2) is 0 Å². The van der Waals surface area contributed by atoms with Gasteiger partial charge in [0.2, 0.25) is 0 Å². The Hall–Kier alpha value is -0.820. The summed E-state index contributed by atoms with van der Waals surface area (Å²) in [6.07, 6.45) is 5.30. The van der Waals surface area contributed by atoms with Crippen LogP contribution in [0.5, 0.6) is 0 Å². The van der Waals surface area contributed by atoms with Crippen molar-refractivity contribution in [3.8, 4) is 0 Å². The van der Waals surface area contributed by atoms with Gasteiger partial charge in [0.15, 0.2) is 0 Å². The van der Waals surface area contributed by atoms with Crippen molar-refractivity contribution >= 4 is 0 Å². The molecule has 0 spiro atoms. The molecule has 17 heavy (non-hydrogen) atoms. The third-order valence-electron chi connectivity index (χ3n) is 3.79. The molecular weight excluding hydrogens is 206 g/mol. The second-order valence-corrected chi connectivity index (χ2v) is 6.50. The molecule has 1 unspecified atom stereocenters. The highest BCUT2D eigenvalue weighted by atomic mass is 14.6. The molecule has 0 aliphatic heterocycles. The van der Waals surface area contributed by atoms with Crippen LogP contribution >= 0.6 is 0 Å². The van der Waals surface area contributed by atoms with Crippen molar-refractivity contribution in [2.75, 3.05) is 0 Å². The van der Waals surface area contributed by atoms with Crippen molar-refractivity contribution in [2.45, 2.75) is 57.9 Å². The van der Waals surface area contributed by atoms with Crippen molar-refractivity contribution in [3.05, 3.63) is 35.4 Å². The van der Waals surface area contributed by atoms with E-state index in [1.54, 1.807) is 0 Å². The van der Waals surface area contributed by atoms with Crippen molar-refractivity contribution in [1.82, 2.24) is 0 Å². The molecular formula is C16H25N. The van der Waals surface area contributed by atoms with Gasteiger partial charge in [-0.2, -0.15) is 0 Å². The van der Waals surface area contributed by atoms with Crippen molar-refractivity contribution < 1.29 is 0 Å². The highest BCUT2D eigenvalue weighted by Crippen LogP contribution is 2.35. The van der Waals surface area contributed by atoms with Gasteiger partial charge in [0.1, 0.15) is 0 Å². The maximum atomic E-state index is 6.23. The Morgan fingerprint density at radius 2 is 1.76 bits per heavy atom. The Balaban J connectivity index is 1.96. The lowest BCUT2D eigenvalue weighted by Crippen LogP contribution is -2.13. The fourth-order valence-electron chi connectivity index (χ4n) is 2.22. The van der Waals surface area contributed by atoms with E-state index in [9.17, 15) is 0 Å². The summed E-state index contributed by atoms with van der Waals surface area (Å²) < 4.78 is 0. The van der Waals surface area contributed by atoms with E-state index in [0.29, 0.717) is 0 Å². The summed E-state index contributed by atoms with van der Waals surface area (Å²) in [6, 6.07) is 9.10. The second-order valence-electron chi connectivity index (χ2n) is 6.50. The van der Waals surface area contributed by atoms with E-state index in [2.05, 4.69) is 45.0 Å². The molecule has 1 heteroatoms. The van der Waals surface area contributed by atoms with Crippen LogP contribution in [0.4, 0.5) is 0 Å². The molecule has 0 heterocycles. The van der Waals surface area contributed by atoms with E-state index < -0.39 is 0 Å². The predicted octanol–water partition coefficient (Wildman–Crippen LogP) is 4.17. The fraction of sp³-hybridized carbons (Fsp3) is 0.625. The molecule has 1 aromatic carbocycles. The Bertz CT molecular complexity index is 354. The van der Waals surface area contributed by atoms with E-state index in [-0.39, 0.29) is 11.5 Å². The first-order chi connectivity index (χ1) is 7.97. The van der Waals surface area contributed by atoms with Crippen LogP contribution in [0, 0.1) is 5.92 Å². The molecule has 2 rings (SSSR count). The Kier molecular flexibility index (Phi) is 3.58. The summed E-state index contributed by atoms with van der Waals surface area (Å²) in [5.74, 6) is 0.981. The lowest BCUT2D eigenvalue weighted by atomic mass is 9.86. The normalized spacial score (nSPS) is 18.1. The quantitative estimate of drug-likeness (QED) is 0.826. The molecule has 1 aliphatic carbocycles. The molecule has 94 valence electrons. The van der Waals surface area contributed by atoms with E-state index >= 15 is 0 Å². The molecule has 0 bridgehead atoms. The van der Waals surface area contributed by atoms with Gasteiger partial charge in [0.25, 0.3) is 0 Å². The lowest BCUT2D eigenvalue weighted by molar-refractivity contribution is 0.571. The summed E-state index contributed by atoms with van der Waals surface area (Å²) in [6.45, 7) is 6.74. The van der Waals surface area contributed by atoms with E-state index in [1.807, 2.05) is 0 Å². The first-order valence-corrected chi connectivity index (χ1v) is 6.83. The van der Waals surface area contributed by atoms with Gasteiger partial charge < -0.3 is 5.73 Å². The molecule has 0 saturated heterocycles. The monoisotopic (exact) mass is 231 g/mol. The Morgan fingerprint density at radius 1 is 1.18 bits per heavy atom. The molecule has 1 atom stereocenters. The zero-order chi connectivity index (χ0) is 12.5. The summed E-state index contributed by atoms with van der Waals surface area (Å²) in [5.41, 5.74) is 9.14. The smallest absolute Gasteiger partial charge is 0.0294 e. The van der Waals surface area contributed by atoms with Gasteiger partial charge in [0.05, 0.1) is 0 Å². The van der Waals surface area contributed by atoms with Crippen LogP contribution in [0.25, 0.3) is 0 Å². The topological polar surface area (TPSA) is 26.0 Å². The maximum Gasteiger partial charge on any atom is 0.0294 e. The van der Waals surface area contributed by atoms with Crippen molar-refractivity contribution in [3.63, 3.8) is 0 Å². The molecule has 1 aliphatic rings. The third kappa shape index (κ3) is 3.57. The van der Waals surface area contributed by atoms with Crippen LogP contribution in [0.1, 0.15) is 63.6 Å². The SMILES string of the molecule is CC(C)(C)c1ccc(C(N)CCC2CC2)cc1. The molecule has 1 fully saturated rings. The Labute approximate surface area is 105 Å². The third-order valence-corrected chi connectivity index (χ3v) is 3.79. The first-order valence-electron chi connectivity index (χ1n) is 6.83. The average Bonchev–Trinajstić information content (AvgIpc) is 3.09. The van der Waals surface area contributed by atoms with Gasteiger partial charge in [0, 0.05) is 6.04 Å². The van der Waals surface area contributed by atoms with Crippen LogP contribution in [0.15, 0.2) is 24.3 Å². The van der Waals surface area contributed by atoms with E-state index in [1.165, 1.54) is 30.4 Å². The van der Waals surface area contributed by atoms with Crippen molar-refractivity contribution in [2.24, 2.45) is 11.7 Å². The van der Waals surface area contributed by atoms with Gasteiger partial charge >= 0.3 is 0 Å². The highest BCUT2D eigenvalue weighted by Gasteiger charge is 2.22. The molecule has 0 radical (unpaired) electrons. The molecule has 1 nitrogen and oxygen atoms in total. The first kappa shape index (κ1) is 12.6. The summed E-state index contributed by atoms with van der Waals surface area (Å²) >= 11 is 0. The lowest BCUT2D eigenvalue weighted by Gasteiger charge is -2.20. The number of rotatable bonds is 4. The zero-order valence-corrected chi connectivity index (χ0v) is 11.4. The zero-order valence-electron chi connectivity index (χ0n) is 11.4. The number of hydrogen-bond donors (Lipinski definition) is 1. The molecule has 0 aromatic heterocycles. The fourth-order valence-corrected chi connectivity index (χ4v) is 2.22. The molecule has 1 aromatic rings. The molecule has 2 N–H and O–H groups in total. The van der Waals surface area contributed by atoms with E-state index in [4.69, 9.17) is 5.73 Å².